The maximum Gasteiger partial charge on any atom is 0.242 e. The second-order valence-corrected chi connectivity index (χ2v) is 8.08. The van der Waals surface area contributed by atoms with Crippen LogP contribution in [0.5, 0.6) is 0 Å². The lowest BCUT2D eigenvalue weighted by Gasteiger charge is -2.34. The number of hydrogen-bond acceptors (Lipinski definition) is 3. The summed E-state index contributed by atoms with van der Waals surface area (Å²) in [6.07, 6.45) is 1.75. The van der Waals surface area contributed by atoms with E-state index < -0.39 is 20.9 Å². The lowest BCUT2D eigenvalue weighted by atomic mass is 9.81. The van der Waals surface area contributed by atoms with Crippen LogP contribution in [0.15, 0.2) is 17.0 Å². The van der Waals surface area contributed by atoms with Crippen LogP contribution in [-0.4, -0.2) is 28.1 Å². The normalized spacial score (nSPS) is 18.7. The molecule has 1 aromatic carbocycles. The van der Waals surface area contributed by atoms with Gasteiger partial charge in [0.2, 0.25) is 10.0 Å². The van der Waals surface area contributed by atoms with Gasteiger partial charge in [-0.3, -0.25) is 0 Å². The molecule has 0 saturated carbocycles. The number of rotatable bonds is 4. The number of benzene rings is 1. The molecule has 1 fully saturated rings. The third-order valence-electron chi connectivity index (χ3n) is 3.79. The van der Waals surface area contributed by atoms with E-state index in [0.29, 0.717) is 0 Å². The van der Waals surface area contributed by atoms with E-state index in [-0.39, 0.29) is 21.9 Å². The van der Waals surface area contributed by atoms with E-state index in [1.54, 1.807) is 0 Å². The Kier molecular flexibility index (Phi) is 5.15. The van der Waals surface area contributed by atoms with Crippen LogP contribution >= 0.6 is 23.2 Å². The Morgan fingerprint density at radius 3 is 2.57 bits per heavy atom. The van der Waals surface area contributed by atoms with Gasteiger partial charge in [-0.1, -0.05) is 30.1 Å². The summed E-state index contributed by atoms with van der Waals surface area (Å²) in [6, 6.07) is 2.39. The Labute approximate surface area is 134 Å². The monoisotopic (exact) mass is 354 g/mol. The first-order valence-electron chi connectivity index (χ1n) is 6.59. The van der Waals surface area contributed by atoms with Gasteiger partial charge in [-0.25, -0.2) is 17.5 Å². The van der Waals surface area contributed by atoms with Gasteiger partial charge in [0.15, 0.2) is 5.82 Å². The number of halogens is 3. The standard InChI is InChI=1S/C13H17Cl2FN2O2S/c1-13(4-6-17-7-5-13)8-18-21(19,20)10-3-2-9(14)12(16)11(10)15/h2-3,17-18H,4-8H2,1H3. The van der Waals surface area contributed by atoms with Crippen molar-refractivity contribution in [2.45, 2.75) is 24.7 Å². The second kappa shape index (κ2) is 6.38. The zero-order chi connectivity index (χ0) is 15.7. The predicted molar refractivity (Wildman–Crippen MR) is 81.8 cm³/mol. The van der Waals surface area contributed by atoms with Crippen molar-refractivity contribution in [1.82, 2.24) is 10.0 Å². The first kappa shape index (κ1) is 17.0. The number of piperidine rings is 1. The fourth-order valence-corrected chi connectivity index (χ4v) is 4.21. The van der Waals surface area contributed by atoms with Crippen molar-refractivity contribution in [3.8, 4) is 0 Å². The highest BCUT2D eigenvalue weighted by Gasteiger charge is 2.30. The van der Waals surface area contributed by atoms with Crippen LogP contribution in [0.25, 0.3) is 0 Å². The summed E-state index contributed by atoms with van der Waals surface area (Å²) in [5.74, 6) is -0.922. The molecule has 1 aromatic rings. The predicted octanol–water partition coefficient (Wildman–Crippen LogP) is 2.80. The highest BCUT2D eigenvalue weighted by molar-refractivity contribution is 7.89. The number of nitrogens with one attached hydrogen (secondary N) is 2. The molecule has 0 radical (unpaired) electrons. The van der Waals surface area contributed by atoms with Crippen molar-refractivity contribution < 1.29 is 12.8 Å². The van der Waals surface area contributed by atoms with Crippen molar-refractivity contribution in [2.75, 3.05) is 19.6 Å². The summed E-state index contributed by atoms with van der Waals surface area (Å²) in [6.45, 7) is 4.03. The molecule has 1 aliphatic rings. The van der Waals surface area contributed by atoms with Gasteiger partial charge in [0.1, 0.15) is 4.90 Å². The molecule has 0 atom stereocenters. The highest BCUT2D eigenvalue weighted by Crippen LogP contribution is 2.31. The van der Waals surface area contributed by atoms with Gasteiger partial charge in [0, 0.05) is 6.54 Å². The summed E-state index contributed by atoms with van der Waals surface area (Å²) >= 11 is 11.3. The molecule has 21 heavy (non-hydrogen) atoms. The molecule has 118 valence electrons. The van der Waals surface area contributed by atoms with Gasteiger partial charge >= 0.3 is 0 Å². The number of sulfonamides is 1. The zero-order valence-electron chi connectivity index (χ0n) is 11.5. The Morgan fingerprint density at radius 1 is 1.33 bits per heavy atom. The Bertz CT molecular complexity index is 631. The van der Waals surface area contributed by atoms with E-state index in [2.05, 4.69) is 10.0 Å². The largest absolute Gasteiger partial charge is 0.317 e. The Hall–Kier alpha value is -0.400. The molecule has 2 rings (SSSR count). The Balaban J connectivity index is 2.17. The molecule has 0 spiro atoms. The van der Waals surface area contributed by atoms with Crippen LogP contribution in [0.1, 0.15) is 19.8 Å². The summed E-state index contributed by atoms with van der Waals surface area (Å²) < 4.78 is 40.7. The molecular formula is C13H17Cl2FN2O2S. The van der Waals surface area contributed by atoms with E-state index >= 15 is 0 Å². The fraction of sp³-hybridized carbons (Fsp3) is 0.538. The molecular weight excluding hydrogens is 338 g/mol. The molecule has 0 amide bonds. The van der Waals surface area contributed by atoms with Gasteiger partial charge in [0.25, 0.3) is 0 Å². The minimum atomic E-state index is -3.87. The fourth-order valence-electron chi connectivity index (χ4n) is 2.27. The molecule has 1 saturated heterocycles. The van der Waals surface area contributed by atoms with Crippen LogP contribution in [0, 0.1) is 11.2 Å². The topological polar surface area (TPSA) is 58.2 Å². The average molecular weight is 355 g/mol. The van der Waals surface area contributed by atoms with Crippen LogP contribution in [0.4, 0.5) is 4.39 Å². The Morgan fingerprint density at radius 2 is 1.95 bits per heavy atom. The molecule has 4 nitrogen and oxygen atoms in total. The van der Waals surface area contributed by atoms with Gasteiger partial charge in [-0.05, 0) is 43.5 Å². The minimum absolute atomic E-state index is 0.115. The van der Waals surface area contributed by atoms with Crippen molar-refractivity contribution in [1.29, 1.82) is 0 Å². The maximum absolute atomic E-state index is 13.6. The van der Waals surface area contributed by atoms with Crippen LogP contribution < -0.4 is 10.0 Å². The molecule has 0 unspecified atom stereocenters. The van der Waals surface area contributed by atoms with E-state index in [1.807, 2.05) is 6.92 Å². The van der Waals surface area contributed by atoms with Gasteiger partial charge in [0.05, 0.1) is 10.0 Å². The van der Waals surface area contributed by atoms with E-state index in [9.17, 15) is 12.8 Å². The molecule has 8 heteroatoms. The summed E-state index contributed by atoms with van der Waals surface area (Å²) in [7, 11) is -3.87. The first-order valence-corrected chi connectivity index (χ1v) is 8.83. The van der Waals surface area contributed by atoms with Crippen molar-refractivity contribution >= 4 is 33.2 Å². The molecule has 2 N–H and O–H groups in total. The van der Waals surface area contributed by atoms with Gasteiger partial charge < -0.3 is 5.32 Å². The third kappa shape index (κ3) is 3.87. The first-order chi connectivity index (χ1) is 9.75. The van der Waals surface area contributed by atoms with E-state index in [1.165, 1.54) is 12.1 Å². The van der Waals surface area contributed by atoms with E-state index in [0.717, 1.165) is 25.9 Å². The molecule has 0 aliphatic carbocycles. The molecule has 1 aliphatic heterocycles. The van der Waals surface area contributed by atoms with Crippen molar-refractivity contribution in [3.63, 3.8) is 0 Å². The zero-order valence-corrected chi connectivity index (χ0v) is 13.9. The smallest absolute Gasteiger partial charge is 0.242 e. The molecule has 0 aromatic heterocycles. The SMILES string of the molecule is CC1(CNS(=O)(=O)c2ccc(Cl)c(F)c2Cl)CCNCC1. The summed E-state index contributed by atoms with van der Waals surface area (Å²) in [5, 5.41) is 2.54. The van der Waals surface area contributed by atoms with E-state index in [4.69, 9.17) is 23.2 Å². The van der Waals surface area contributed by atoms with Gasteiger partial charge in [-0.2, -0.15) is 0 Å². The lowest BCUT2D eigenvalue weighted by molar-refractivity contribution is 0.232. The molecule has 0 bridgehead atoms. The van der Waals surface area contributed by atoms with Crippen molar-refractivity contribution in [3.05, 3.63) is 28.0 Å². The maximum atomic E-state index is 13.6. The third-order valence-corrected chi connectivity index (χ3v) is 6.01. The van der Waals surface area contributed by atoms with Crippen molar-refractivity contribution in [2.24, 2.45) is 5.41 Å². The minimum Gasteiger partial charge on any atom is -0.317 e. The summed E-state index contributed by atoms with van der Waals surface area (Å²) in [5.41, 5.74) is -0.115. The summed E-state index contributed by atoms with van der Waals surface area (Å²) in [4.78, 5) is -0.288. The quantitative estimate of drug-likeness (QED) is 0.817. The highest BCUT2D eigenvalue weighted by atomic mass is 35.5. The van der Waals surface area contributed by atoms with Crippen LogP contribution in [0.2, 0.25) is 10.0 Å². The number of hydrogen-bond donors (Lipinski definition) is 2. The average Bonchev–Trinajstić information content (AvgIpc) is 2.44. The van der Waals surface area contributed by atoms with Crippen LogP contribution in [0.3, 0.4) is 0 Å². The van der Waals surface area contributed by atoms with Crippen LogP contribution in [-0.2, 0) is 10.0 Å². The second-order valence-electron chi connectivity index (χ2n) is 5.56. The lowest BCUT2D eigenvalue weighted by Crippen LogP contribution is -2.42. The van der Waals surface area contributed by atoms with Gasteiger partial charge in [-0.15, -0.1) is 0 Å². The molecule has 1 heterocycles.